The summed E-state index contributed by atoms with van der Waals surface area (Å²) in [4.78, 5) is 16.1. The first-order chi connectivity index (χ1) is 9.66. The Hall–Kier alpha value is -1.88. The predicted molar refractivity (Wildman–Crippen MR) is 83.8 cm³/mol. The Labute approximate surface area is 126 Å². The molecule has 1 atom stereocenters. The zero-order chi connectivity index (χ0) is 14.4. The van der Waals surface area contributed by atoms with E-state index in [1.165, 1.54) is 0 Å². The van der Waals surface area contributed by atoms with Gasteiger partial charge >= 0.3 is 0 Å². The Balaban J connectivity index is 1.86. The fourth-order valence-corrected chi connectivity index (χ4v) is 2.19. The van der Waals surface area contributed by atoms with Crippen molar-refractivity contribution in [1.82, 2.24) is 10.3 Å². The molecular formula is C15H16BrN3O. The van der Waals surface area contributed by atoms with E-state index in [4.69, 9.17) is 0 Å². The lowest BCUT2D eigenvalue weighted by molar-refractivity contribution is 0.0946. The number of hydrogen-bond acceptors (Lipinski definition) is 3. The number of aromatic nitrogens is 1. The summed E-state index contributed by atoms with van der Waals surface area (Å²) in [5.74, 6) is -0.181. The Bertz CT molecular complexity index is 574. The molecule has 0 spiro atoms. The van der Waals surface area contributed by atoms with Crippen molar-refractivity contribution in [3.8, 4) is 0 Å². The van der Waals surface area contributed by atoms with Crippen molar-refractivity contribution in [3.05, 3.63) is 58.8 Å². The van der Waals surface area contributed by atoms with Crippen LogP contribution in [0.2, 0.25) is 0 Å². The van der Waals surface area contributed by atoms with Crippen LogP contribution in [0.4, 0.5) is 5.69 Å². The van der Waals surface area contributed by atoms with Crippen molar-refractivity contribution in [1.29, 1.82) is 0 Å². The lowest BCUT2D eigenvalue weighted by Gasteiger charge is -2.16. The van der Waals surface area contributed by atoms with Crippen LogP contribution in [0.25, 0.3) is 0 Å². The van der Waals surface area contributed by atoms with Crippen LogP contribution in [0.3, 0.4) is 0 Å². The number of para-hydroxylation sites is 1. The van der Waals surface area contributed by atoms with Crippen LogP contribution in [0.1, 0.15) is 17.4 Å². The van der Waals surface area contributed by atoms with Crippen LogP contribution in [0.15, 0.2) is 53.1 Å². The van der Waals surface area contributed by atoms with Gasteiger partial charge < -0.3 is 10.6 Å². The van der Waals surface area contributed by atoms with Crippen LogP contribution >= 0.6 is 15.9 Å². The summed E-state index contributed by atoms with van der Waals surface area (Å²) in [6.07, 6.45) is 1.60. The van der Waals surface area contributed by atoms with Gasteiger partial charge in [0.15, 0.2) is 0 Å². The average Bonchev–Trinajstić information content (AvgIpc) is 2.46. The zero-order valence-corrected chi connectivity index (χ0v) is 12.7. The maximum atomic E-state index is 12.0. The van der Waals surface area contributed by atoms with E-state index in [0.29, 0.717) is 16.7 Å². The summed E-state index contributed by atoms with van der Waals surface area (Å²) in [5.41, 5.74) is 1.44. The molecule has 1 amide bonds. The Morgan fingerprint density at radius 1 is 1.25 bits per heavy atom. The zero-order valence-electron chi connectivity index (χ0n) is 11.1. The summed E-state index contributed by atoms with van der Waals surface area (Å²) < 4.78 is 0.696. The van der Waals surface area contributed by atoms with Gasteiger partial charge in [0.1, 0.15) is 5.69 Å². The molecule has 2 N–H and O–H groups in total. The number of hydrogen-bond donors (Lipinski definition) is 2. The van der Waals surface area contributed by atoms with Gasteiger partial charge in [-0.25, -0.2) is 4.98 Å². The number of nitrogens with one attached hydrogen (secondary N) is 2. The molecule has 0 aliphatic carbocycles. The minimum atomic E-state index is -0.181. The second-order valence-electron chi connectivity index (χ2n) is 4.46. The van der Waals surface area contributed by atoms with Gasteiger partial charge in [-0.1, -0.05) is 18.2 Å². The molecule has 0 saturated heterocycles. The molecule has 104 valence electrons. The van der Waals surface area contributed by atoms with E-state index in [9.17, 15) is 4.79 Å². The number of pyridine rings is 1. The number of carbonyl (C=O) groups is 1. The minimum Gasteiger partial charge on any atom is -0.381 e. The van der Waals surface area contributed by atoms with Crippen molar-refractivity contribution in [2.75, 3.05) is 11.9 Å². The highest BCUT2D eigenvalue weighted by Gasteiger charge is 2.11. The number of halogens is 1. The van der Waals surface area contributed by atoms with Crippen LogP contribution in [-0.4, -0.2) is 23.5 Å². The van der Waals surface area contributed by atoms with E-state index in [1.807, 2.05) is 37.3 Å². The third-order valence-corrected chi connectivity index (χ3v) is 3.37. The highest BCUT2D eigenvalue weighted by molar-refractivity contribution is 9.10. The van der Waals surface area contributed by atoms with Gasteiger partial charge in [-0.2, -0.15) is 0 Å². The van der Waals surface area contributed by atoms with E-state index in [2.05, 4.69) is 31.5 Å². The molecule has 1 aromatic carbocycles. The van der Waals surface area contributed by atoms with Gasteiger partial charge in [0.25, 0.3) is 5.91 Å². The number of anilines is 1. The number of amides is 1. The molecule has 0 aliphatic heterocycles. The van der Waals surface area contributed by atoms with Gasteiger partial charge in [0.2, 0.25) is 0 Å². The molecule has 1 aromatic heterocycles. The third kappa shape index (κ3) is 4.06. The second kappa shape index (κ2) is 7.05. The maximum absolute atomic E-state index is 12.0. The van der Waals surface area contributed by atoms with Crippen molar-refractivity contribution < 1.29 is 4.79 Å². The molecular weight excluding hydrogens is 318 g/mol. The first-order valence-corrected chi connectivity index (χ1v) is 7.16. The fourth-order valence-electron chi connectivity index (χ4n) is 1.75. The Morgan fingerprint density at radius 3 is 2.70 bits per heavy atom. The minimum absolute atomic E-state index is 0.129. The second-order valence-corrected chi connectivity index (χ2v) is 5.31. The molecule has 0 aliphatic rings. The number of rotatable bonds is 5. The van der Waals surface area contributed by atoms with Crippen molar-refractivity contribution >= 4 is 27.5 Å². The first-order valence-electron chi connectivity index (χ1n) is 6.37. The van der Waals surface area contributed by atoms with E-state index in [0.717, 1.165) is 5.69 Å². The standard InChI is InChI=1S/C15H16BrN3O/c1-11(19-12-6-3-2-4-7-12)10-18-15(20)14-13(16)8-5-9-17-14/h2-9,11,19H,10H2,1H3,(H,18,20)/t11-/m1/s1. The van der Waals surface area contributed by atoms with E-state index < -0.39 is 0 Å². The molecule has 0 fully saturated rings. The summed E-state index contributed by atoms with van der Waals surface area (Å²) in [5, 5.41) is 6.18. The normalized spacial score (nSPS) is 11.7. The fraction of sp³-hybridized carbons (Fsp3) is 0.200. The SMILES string of the molecule is C[C@H](CNC(=O)c1ncccc1Br)Nc1ccccc1. The van der Waals surface area contributed by atoms with Crippen LogP contribution < -0.4 is 10.6 Å². The summed E-state index contributed by atoms with van der Waals surface area (Å²) >= 11 is 3.32. The van der Waals surface area contributed by atoms with E-state index in [1.54, 1.807) is 18.3 Å². The molecule has 20 heavy (non-hydrogen) atoms. The number of benzene rings is 1. The lowest BCUT2D eigenvalue weighted by Crippen LogP contribution is -2.35. The van der Waals surface area contributed by atoms with E-state index >= 15 is 0 Å². The number of nitrogens with zero attached hydrogens (tertiary/aromatic N) is 1. The molecule has 0 saturated carbocycles. The average molecular weight is 334 g/mol. The maximum Gasteiger partial charge on any atom is 0.271 e. The molecule has 1 heterocycles. The molecule has 2 rings (SSSR count). The number of carbonyl (C=O) groups excluding carboxylic acids is 1. The monoisotopic (exact) mass is 333 g/mol. The van der Waals surface area contributed by atoms with Crippen LogP contribution in [-0.2, 0) is 0 Å². The van der Waals surface area contributed by atoms with Crippen LogP contribution in [0, 0.1) is 0 Å². The van der Waals surface area contributed by atoms with E-state index in [-0.39, 0.29) is 11.9 Å². The van der Waals surface area contributed by atoms with Crippen molar-refractivity contribution in [2.45, 2.75) is 13.0 Å². The van der Waals surface area contributed by atoms with Gasteiger partial charge in [-0.05, 0) is 47.1 Å². The summed E-state index contributed by atoms with van der Waals surface area (Å²) in [7, 11) is 0. The Kier molecular flexibility index (Phi) is 5.12. The predicted octanol–water partition coefficient (Wildman–Crippen LogP) is 3.07. The molecule has 0 unspecified atom stereocenters. The molecule has 4 nitrogen and oxygen atoms in total. The quantitative estimate of drug-likeness (QED) is 0.884. The summed E-state index contributed by atoms with van der Waals surface area (Å²) in [6.45, 7) is 2.54. The molecule has 0 radical (unpaired) electrons. The largest absolute Gasteiger partial charge is 0.381 e. The van der Waals surface area contributed by atoms with Crippen LogP contribution in [0.5, 0.6) is 0 Å². The lowest BCUT2D eigenvalue weighted by atomic mass is 10.2. The molecule has 5 heteroatoms. The third-order valence-electron chi connectivity index (χ3n) is 2.73. The topological polar surface area (TPSA) is 54.0 Å². The Morgan fingerprint density at radius 2 is 2.00 bits per heavy atom. The summed E-state index contributed by atoms with van der Waals surface area (Å²) in [6, 6.07) is 13.6. The first kappa shape index (κ1) is 14.5. The molecule has 0 bridgehead atoms. The van der Waals surface area contributed by atoms with Gasteiger partial charge in [-0.15, -0.1) is 0 Å². The smallest absolute Gasteiger partial charge is 0.271 e. The van der Waals surface area contributed by atoms with Gasteiger partial charge in [0, 0.05) is 28.9 Å². The van der Waals surface area contributed by atoms with Gasteiger partial charge in [-0.3, -0.25) is 4.79 Å². The van der Waals surface area contributed by atoms with Crippen molar-refractivity contribution in [3.63, 3.8) is 0 Å². The van der Waals surface area contributed by atoms with Crippen molar-refractivity contribution in [2.24, 2.45) is 0 Å². The van der Waals surface area contributed by atoms with Gasteiger partial charge in [0.05, 0.1) is 0 Å². The highest BCUT2D eigenvalue weighted by atomic mass is 79.9. The highest BCUT2D eigenvalue weighted by Crippen LogP contribution is 2.13. The molecule has 2 aromatic rings.